The molecule has 146 valence electrons. The second-order valence-corrected chi connectivity index (χ2v) is 7.32. The number of anilines is 1. The Bertz CT molecular complexity index is 945. The van der Waals surface area contributed by atoms with Crippen LogP contribution in [0.1, 0.15) is 13.8 Å². The van der Waals surface area contributed by atoms with E-state index < -0.39 is 0 Å². The van der Waals surface area contributed by atoms with E-state index in [4.69, 9.17) is 6.57 Å². The monoisotopic (exact) mass is 378 g/mol. The summed E-state index contributed by atoms with van der Waals surface area (Å²) in [5.74, 6) is 6.27. The Morgan fingerprint density at radius 2 is 2.25 bits per heavy atom. The molecular formula is C21H26N6O. The van der Waals surface area contributed by atoms with Crippen molar-refractivity contribution in [3.05, 3.63) is 35.9 Å². The lowest BCUT2D eigenvalue weighted by atomic mass is 10.1. The number of para-hydroxylation sites is 1. The predicted molar refractivity (Wildman–Crippen MR) is 111 cm³/mol. The summed E-state index contributed by atoms with van der Waals surface area (Å²) in [4.78, 5) is 25.1. The second-order valence-electron chi connectivity index (χ2n) is 7.32. The van der Waals surface area contributed by atoms with Crippen molar-refractivity contribution in [3.63, 3.8) is 0 Å². The smallest absolute Gasteiger partial charge is 0.328 e. The highest BCUT2D eigenvalue weighted by Crippen LogP contribution is 2.27. The summed E-state index contributed by atoms with van der Waals surface area (Å²) in [6.07, 6.45) is 1.56. The molecule has 1 aliphatic heterocycles. The molecule has 1 atom stereocenters. The summed E-state index contributed by atoms with van der Waals surface area (Å²) in [5, 5.41) is 2.82. The Morgan fingerprint density at radius 1 is 1.43 bits per heavy atom. The van der Waals surface area contributed by atoms with E-state index in [-0.39, 0.29) is 18.0 Å². The van der Waals surface area contributed by atoms with E-state index in [1.165, 1.54) is 4.57 Å². The number of benzene rings is 1. The van der Waals surface area contributed by atoms with Crippen molar-refractivity contribution >= 4 is 22.8 Å². The molecule has 0 saturated carbocycles. The van der Waals surface area contributed by atoms with Crippen LogP contribution in [0.4, 0.5) is 10.5 Å². The summed E-state index contributed by atoms with van der Waals surface area (Å²) >= 11 is 0. The fourth-order valence-corrected chi connectivity index (χ4v) is 3.37. The number of aromatic nitrogens is 2. The minimum Gasteiger partial charge on any atom is -0.367 e. The van der Waals surface area contributed by atoms with Crippen molar-refractivity contribution in [1.29, 1.82) is 0 Å². The van der Waals surface area contributed by atoms with E-state index in [1.54, 1.807) is 6.33 Å². The zero-order valence-corrected chi connectivity index (χ0v) is 16.6. The minimum atomic E-state index is -0.234. The van der Waals surface area contributed by atoms with Crippen molar-refractivity contribution in [2.45, 2.75) is 19.9 Å². The highest BCUT2D eigenvalue weighted by Gasteiger charge is 2.28. The van der Waals surface area contributed by atoms with Gasteiger partial charge in [-0.05, 0) is 19.2 Å². The van der Waals surface area contributed by atoms with Gasteiger partial charge in [0.25, 0.3) is 0 Å². The number of fused-ring (bicyclic) bond motifs is 1. The van der Waals surface area contributed by atoms with E-state index in [1.807, 2.05) is 32.0 Å². The van der Waals surface area contributed by atoms with Crippen LogP contribution >= 0.6 is 0 Å². The molecule has 0 spiro atoms. The molecular weight excluding hydrogens is 352 g/mol. The Kier molecular flexibility index (Phi) is 6.18. The van der Waals surface area contributed by atoms with Crippen LogP contribution in [0.5, 0.6) is 0 Å². The molecule has 1 unspecified atom stereocenters. The van der Waals surface area contributed by atoms with Gasteiger partial charge in [-0.2, -0.15) is 0 Å². The summed E-state index contributed by atoms with van der Waals surface area (Å²) in [6.45, 7) is 14.6. The number of rotatable bonds is 3. The highest BCUT2D eigenvalue weighted by molar-refractivity contribution is 5.95. The molecule has 1 fully saturated rings. The van der Waals surface area contributed by atoms with Crippen LogP contribution in [0.2, 0.25) is 0 Å². The number of nitrogens with one attached hydrogen (secondary N) is 1. The van der Waals surface area contributed by atoms with Crippen LogP contribution in [0.15, 0.2) is 24.5 Å². The van der Waals surface area contributed by atoms with Gasteiger partial charge in [0.2, 0.25) is 6.54 Å². The third kappa shape index (κ3) is 4.27. The van der Waals surface area contributed by atoms with Crippen LogP contribution < -0.4 is 10.2 Å². The lowest BCUT2D eigenvalue weighted by Gasteiger charge is -2.38. The number of amides is 1. The molecule has 2 aromatic rings. The first-order valence-corrected chi connectivity index (χ1v) is 9.52. The van der Waals surface area contributed by atoms with Crippen molar-refractivity contribution in [3.8, 4) is 11.8 Å². The van der Waals surface area contributed by atoms with Gasteiger partial charge >= 0.3 is 6.03 Å². The maximum absolute atomic E-state index is 12.5. The molecule has 0 bridgehead atoms. The molecule has 1 N–H and O–H groups in total. The first-order valence-electron chi connectivity index (χ1n) is 9.52. The summed E-state index contributed by atoms with van der Waals surface area (Å²) in [7, 11) is 2.06. The zero-order chi connectivity index (χ0) is 20.1. The molecule has 0 aliphatic carbocycles. The normalized spacial score (nSPS) is 17.2. The van der Waals surface area contributed by atoms with Gasteiger partial charge in [0, 0.05) is 25.6 Å². The lowest BCUT2D eigenvalue weighted by molar-refractivity contribution is 0.231. The maximum atomic E-state index is 12.5. The number of piperazine rings is 1. The van der Waals surface area contributed by atoms with Gasteiger partial charge < -0.3 is 15.1 Å². The van der Waals surface area contributed by atoms with Gasteiger partial charge in [-0.1, -0.05) is 31.8 Å². The fourth-order valence-electron chi connectivity index (χ4n) is 3.37. The molecule has 0 radical (unpaired) electrons. The fraction of sp³-hybridized carbons (Fsp3) is 0.476. The van der Waals surface area contributed by atoms with E-state index >= 15 is 0 Å². The first kappa shape index (κ1) is 19.7. The van der Waals surface area contributed by atoms with Crippen LogP contribution in [-0.2, 0) is 0 Å². The van der Waals surface area contributed by atoms with Crippen molar-refractivity contribution in [1.82, 2.24) is 19.8 Å². The number of carbonyl (C=O) groups is 1. The Morgan fingerprint density at radius 3 is 3.00 bits per heavy atom. The number of hydrogen-bond acceptors (Lipinski definition) is 4. The molecule has 2 heterocycles. The van der Waals surface area contributed by atoms with Gasteiger partial charge in [-0.15, -0.1) is 0 Å². The highest BCUT2D eigenvalue weighted by atomic mass is 16.2. The second kappa shape index (κ2) is 8.77. The predicted octanol–water partition coefficient (Wildman–Crippen LogP) is 2.29. The van der Waals surface area contributed by atoms with E-state index in [2.05, 4.69) is 43.8 Å². The summed E-state index contributed by atoms with van der Waals surface area (Å²) in [5.41, 5.74) is 2.58. The van der Waals surface area contributed by atoms with Crippen LogP contribution in [0.25, 0.3) is 15.9 Å². The van der Waals surface area contributed by atoms with Crippen molar-refractivity contribution in [2.75, 3.05) is 44.7 Å². The van der Waals surface area contributed by atoms with Crippen LogP contribution in [-0.4, -0.2) is 66.3 Å². The average Bonchev–Trinajstić information content (AvgIpc) is 3.11. The maximum Gasteiger partial charge on any atom is 0.328 e. The van der Waals surface area contributed by atoms with Gasteiger partial charge in [-0.3, -0.25) is 9.47 Å². The topological polar surface area (TPSA) is 57.8 Å². The van der Waals surface area contributed by atoms with Crippen molar-refractivity contribution in [2.24, 2.45) is 5.92 Å². The van der Waals surface area contributed by atoms with E-state index in [9.17, 15) is 4.79 Å². The SMILES string of the molecule is [C-]#[N+]CC1CN(c2cccc3c2ncn3C(=O)NCC#CC(C)C)CCN1C. The third-order valence-electron chi connectivity index (χ3n) is 4.91. The number of likely N-dealkylation sites (N-methyl/N-ethyl adjacent to an activating group) is 1. The van der Waals surface area contributed by atoms with E-state index in [0.29, 0.717) is 13.1 Å². The molecule has 1 aliphatic rings. The Hall–Kier alpha value is -3.03. The molecule has 1 amide bonds. The number of nitrogens with zero attached hydrogens (tertiary/aromatic N) is 5. The lowest BCUT2D eigenvalue weighted by Crippen LogP contribution is -2.52. The zero-order valence-electron chi connectivity index (χ0n) is 16.6. The Balaban J connectivity index is 1.81. The quantitative estimate of drug-likeness (QED) is 0.658. The number of hydrogen-bond donors (Lipinski definition) is 1. The van der Waals surface area contributed by atoms with E-state index in [0.717, 1.165) is 36.4 Å². The minimum absolute atomic E-state index is 0.200. The van der Waals surface area contributed by atoms with Gasteiger partial charge in [-0.25, -0.2) is 16.4 Å². The standard InChI is InChI=1S/C21H26N6O/c1-16(2)7-6-10-23-21(28)27-15-24-20-18(8-5-9-19(20)27)26-12-11-25(4)17(14-26)13-22-3/h5,8-9,15-17H,10-14H2,1-2,4H3,(H,23,28). The van der Waals surface area contributed by atoms with Crippen LogP contribution in [0.3, 0.4) is 0 Å². The third-order valence-corrected chi connectivity index (χ3v) is 4.91. The van der Waals surface area contributed by atoms with Gasteiger partial charge in [0.1, 0.15) is 11.8 Å². The average molecular weight is 378 g/mol. The number of imidazole rings is 1. The summed E-state index contributed by atoms with van der Waals surface area (Å²) in [6, 6.07) is 5.85. The number of carbonyl (C=O) groups excluding carboxylic acids is 1. The molecule has 28 heavy (non-hydrogen) atoms. The molecule has 3 rings (SSSR count). The summed E-state index contributed by atoms with van der Waals surface area (Å²) < 4.78 is 1.53. The first-order chi connectivity index (χ1) is 13.5. The molecule has 7 nitrogen and oxygen atoms in total. The van der Waals surface area contributed by atoms with Crippen molar-refractivity contribution < 1.29 is 4.79 Å². The molecule has 7 heteroatoms. The molecule has 1 aromatic carbocycles. The molecule has 1 saturated heterocycles. The van der Waals surface area contributed by atoms with Crippen LogP contribution in [0, 0.1) is 24.3 Å². The van der Waals surface area contributed by atoms with Gasteiger partial charge in [0.15, 0.2) is 0 Å². The Labute approximate surface area is 166 Å². The largest absolute Gasteiger partial charge is 0.367 e. The molecule has 1 aromatic heterocycles. The van der Waals surface area contributed by atoms with Gasteiger partial charge in [0.05, 0.1) is 23.8 Å².